The van der Waals surface area contributed by atoms with Crippen molar-refractivity contribution in [2.45, 2.75) is 11.7 Å². The van der Waals surface area contributed by atoms with Crippen LogP contribution in [0.3, 0.4) is 0 Å². The molecule has 0 saturated carbocycles. The van der Waals surface area contributed by atoms with Crippen LogP contribution in [0.15, 0.2) is 45.7 Å². The molecule has 2 aromatic heterocycles. The van der Waals surface area contributed by atoms with Crippen molar-refractivity contribution in [2.75, 3.05) is 12.9 Å². The summed E-state index contributed by atoms with van der Waals surface area (Å²) >= 11 is 2.31. The molecule has 24 heavy (non-hydrogen) atoms. The Labute approximate surface area is 145 Å². The Kier molecular flexibility index (Phi) is 4.86. The maximum Gasteiger partial charge on any atom is 0.272 e. The van der Waals surface area contributed by atoms with E-state index in [2.05, 4.69) is 4.98 Å². The fourth-order valence-electron chi connectivity index (χ4n) is 2.21. The average molecular weight is 361 g/mol. The second-order valence-electron chi connectivity index (χ2n) is 4.93. The number of carboxylic acid groups (broad SMARTS) is 1. The van der Waals surface area contributed by atoms with Crippen LogP contribution in [0.25, 0.3) is 10.2 Å². The number of hydrogen-bond donors (Lipinski definition) is 0. The average Bonchev–Trinajstić information content (AvgIpc) is 3.05. The van der Waals surface area contributed by atoms with Gasteiger partial charge in [0.1, 0.15) is 10.4 Å². The molecule has 2 heterocycles. The molecular formula is C16H13N2O4S2-. The zero-order chi connectivity index (χ0) is 17.1. The highest BCUT2D eigenvalue weighted by atomic mass is 32.2. The molecule has 0 spiro atoms. The molecule has 3 rings (SSSR count). The van der Waals surface area contributed by atoms with Crippen LogP contribution >= 0.6 is 23.1 Å². The van der Waals surface area contributed by atoms with Crippen LogP contribution in [0.4, 0.5) is 0 Å². The lowest BCUT2D eigenvalue weighted by atomic mass is 10.2. The van der Waals surface area contributed by atoms with Gasteiger partial charge < -0.3 is 14.6 Å². The molecule has 1 aromatic carbocycles. The van der Waals surface area contributed by atoms with Crippen molar-refractivity contribution in [2.24, 2.45) is 0 Å². The lowest BCUT2D eigenvalue weighted by Gasteiger charge is -2.12. The molecule has 0 N–H and O–H groups in total. The number of hydrogen-bond acceptors (Lipinski definition) is 7. The third kappa shape index (κ3) is 3.44. The lowest BCUT2D eigenvalue weighted by molar-refractivity contribution is -0.301. The number of ether oxygens (including phenoxy) is 1. The van der Waals surface area contributed by atoms with E-state index in [-0.39, 0.29) is 11.3 Å². The Morgan fingerprint density at radius 2 is 2.08 bits per heavy atom. The van der Waals surface area contributed by atoms with Crippen LogP contribution in [0.2, 0.25) is 0 Å². The van der Waals surface area contributed by atoms with E-state index in [0.717, 1.165) is 23.1 Å². The molecule has 0 aliphatic heterocycles. The van der Waals surface area contributed by atoms with Gasteiger partial charge in [0.25, 0.3) is 5.56 Å². The Bertz CT molecular complexity index is 931. The Hall–Kier alpha value is -2.32. The summed E-state index contributed by atoms with van der Waals surface area (Å²) in [6, 6.07) is 9.09. The fraction of sp³-hybridized carbons (Fsp3) is 0.188. The maximum atomic E-state index is 12.7. The minimum Gasteiger partial charge on any atom is -0.549 e. The van der Waals surface area contributed by atoms with Gasteiger partial charge in [-0.2, -0.15) is 0 Å². The van der Waals surface area contributed by atoms with Crippen molar-refractivity contribution in [1.82, 2.24) is 9.55 Å². The quantitative estimate of drug-likeness (QED) is 0.487. The van der Waals surface area contributed by atoms with Gasteiger partial charge >= 0.3 is 0 Å². The number of benzene rings is 1. The van der Waals surface area contributed by atoms with Gasteiger partial charge in [-0.3, -0.25) is 9.36 Å². The van der Waals surface area contributed by atoms with Gasteiger partial charge in [0.15, 0.2) is 5.16 Å². The van der Waals surface area contributed by atoms with Crippen molar-refractivity contribution in [3.63, 3.8) is 0 Å². The molecule has 0 fully saturated rings. The molecule has 0 radical (unpaired) electrons. The van der Waals surface area contributed by atoms with Gasteiger partial charge in [0.2, 0.25) is 0 Å². The van der Waals surface area contributed by atoms with Crippen LogP contribution in [0.5, 0.6) is 5.75 Å². The highest BCUT2D eigenvalue weighted by Gasteiger charge is 2.13. The maximum absolute atomic E-state index is 12.7. The number of carboxylic acids is 1. The highest BCUT2D eigenvalue weighted by Crippen LogP contribution is 2.22. The molecule has 0 aliphatic rings. The van der Waals surface area contributed by atoms with Crippen molar-refractivity contribution in [3.8, 4) is 5.75 Å². The number of methoxy groups -OCH3 is 1. The third-order valence-corrected chi connectivity index (χ3v) is 5.19. The molecule has 0 aliphatic carbocycles. The van der Waals surface area contributed by atoms with E-state index in [1.807, 2.05) is 24.3 Å². The van der Waals surface area contributed by atoms with E-state index in [4.69, 9.17) is 4.74 Å². The number of aromatic nitrogens is 2. The Morgan fingerprint density at radius 1 is 1.33 bits per heavy atom. The summed E-state index contributed by atoms with van der Waals surface area (Å²) in [5, 5.41) is 12.9. The molecule has 124 valence electrons. The van der Waals surface area contributed by atoms with Crippen LogP contribution in [-0.2, 0) is 11.3 Å². The summed E-state index contributed by atoms with van der Waals surface area (Å²) in [7, 11) is 1.59. The Morgan fingerprint density at radius 3 is 2.75 bits per heavy atom. The van der Waals surface area contributed by atoms with E-state index < -0.39 is 5.97 Å². The Balaban J connectivity index is 2.02. The van der Waals surface area contributed by atoms with E-state index in [1.165, 1.54) is 15.9 Å². The zero-order valence-corrected chi connectivity index (χ0v) is 14.4. The van der Waals surface area contributed by atoms with Crippen molar-refractivity contribution in [3.05, 3.63) is 51.6 Å². The molecule has 0 atom stereocenters. The van der Waals surface area contributed by atoms with Crippen LogP contribution in [0.1, 0.15) is 5.56 Å². The minimum atomic E-state index is -1.20. The highest BCUT2D eigenvalue weighted by molar-refractivity contribution is 7.99. The van der Waals surface area contributed by atoms with E-state index in [0.29, 0.717) is 21.9 Å². The molecule has 0 bridgehead atoms. The van der Waals surface area contributed by atoms with E-state index in [9.17, 15) is 14.7 Å². The van der Waals surface area contributed by atoms with Crippen molar-refractivity contribution >= 4 is 39.3 Å². The predicted octanol–water partition coefficient (Wildman–Crippen LogP) is 1.36. The first-order valence-electron chi connectivity index (χ1n) is 7.02. The number of thioether (sulfide) groups is 1. The van der Waals surface area contributed by atoms with Gasteiger partial charge in [-0.15, -0.1) is 11.3 Å². The molecule has 0 saturated heterocycles. The molecule has 6 nitrogen and oxygen atoms in total. The molecule has 0 unspecified atom stereocenters. The van der Waals surface area contributed by atoms with Crippen molar-refractivity contribution in [1.29, 1.82) is 0 Å². The first-order chi connectivity index (χ1) is 11.6. The smallest absolute Gasteiger partial charge is 0.272 e. The number of nitrogens with zero attached hydrogens (tertiary/aromatic N) is 2. The monoisotopic (exact) mass is 361 g/mol. The molecular weight excluding hydrogens is 348 g/mol. The lowest BCUT2D eigenvalue weighted by Crippen LogP contribution is -2.27. The molecule has 0 amide bonds. The van der Waals surface area contributed by atoms with Crippen molar-refractivity contribution < 1.29 is 14.6 Å². The summed E-state index contributed by atoms with van der Waals surface area (Å²) < 4.78 is 7.17. The van der Waals surface area contributed by atoms with E-state index in [1.54, 1.807) is 18.6 Å². The van der Waals surface area contributed by atoms with Gasteiger partial charge in [-0.05, 0) is 29.1 Å². The number of carbonyl (C=O) groups excluding carboxylic acids is 1. The summed E-state index contributed by atoms with van der Waals surface area (Å²) in [4.78, 5) is 27.9. The summed E-state index contributed by atoms with van der Waals surface area (Å²) in [6.45, 7) is 0.305. The number of carbonyl (C=O) groups is 1. The largest absolute Gasteiger partial charge is 0.549 e. The number of thiophene rings is 1. The van der Waals surface area contributed by atoms with Crippen LogP contribution in [0, 0.1) is 0 Å². The SMILES string of the molecule is COc1ccc(Cn2c(SCC(=O)[O-])nc3ccsc3c2=O)cc1. The third-order valence-electron chi connectivity index (χ3n) is 3.35. The van der Waals surface area contributed by atoms with Gasteiger partial charge in [0, 0.05) is 5.75 Å². The van der Waals surface area contributed by atoms with E-state index >= 15 is 0 Å². The standard InChI is InChI=1S/C16H14N2O4S2/c1-22-11-4-2-10(3-5-11)8-18-15(21)14-12(6-7-23-14)17-16(18)24-9-13(19)20/h2-7H,8-9H2,1H3,(H,19,20)/p-1. The topological polar surface area (TPSA) is 84.2 Å². The first kappa shape index (κ1) is 16.5. The predicted molar refractivity (Wildman–Crippen MR) is 91.7 cm³/mol. The van der Waals surface area contributed by atoms with Crippen LogP contribution < -0.4 is 15.4 Å². The normalized spacial score (nSPS) is 10.9. The number of rotatable bonds is 6. The number of fused-ring (bicyclic) bond motifs is 1. The fourth-order valence-corrected chi connectivity index (χ4v) is 3.70. The van der Waals surface area contributed by atoms with Gasteiger partial charge in [0.05, 0.1) is 25.1 Å². The summed E-state index contributed by atoms with van der Waals surface area (Å²) in [5.74, 6) is -0.731. The van der Waals surface area contributed by atoms with Gasteiger partial charge in [-0.25, -0.2) is 4.98 Å². The second-order valence-corrected chi connectivity index (χ2v) is 6.79. The summed E-state index contributed by atoms with van der Waals surface area (Å²) in [6.07, 6.45) is 0. The van der Waals surface area contributed by atoms with Gasteiger partial charge in [-0.1, -0.05) is 23.9 Å². The molecule has 3 aromatic rings. The minimum absolute atomic E-state index is 0.174. The summed E-state index contributed by atoms with van der Waals surface area (Å²) in [5.41, 5.74) is 1.30. The van der Waals surface area contributed by atoms with Crippen LogP contribution in [-0.4, -0.2) is 28.4 Å². The zero-order valence-electron chi connectivity index (χ0n) is 12.7. The number of aliphatic carboxylic acids is 1. The second kappa shape index (κ2) is 7.06. The molecule has 8 heteroatoms. The first-order valence-corrected chi connectivity index (χ1v) is 8.88.